The van der Waals surface area contributed by atoms with Gasteiger partial charge >= 0.3 is 6.03 Å². The number of hydrogen-bond acceptors (Lipinski definition) is 6. The van der Waals surface area contributed by atoms with E-state index in [9.17, 15) is 14.4 Å². The van der Waals surface area contributed by atoms with E-state index < -0.39 is 23.9 Å². The SMILES string of the molecule is COc1cccc(N2C(=O)C(CC(=O)Nc3ccc(Cl)cc3)N(Cc3ccc4c(c3)OCO4)C2=O)c1. The Hall–Kier alpha value is -4.24. The topological polar surface area (TPSA) is 97.4 Å². The zero-order valence-corrected chi connectivity index (χ0v) is 20.0. The number of carbonyl (C=O) groups excluding carboxylic acids is 3. The van der Waals surface area contributed by atoms with Gasteiger partial charge in [0.25, 0.3) is 5.91 Å². The molecule has 3 aromatic rings. The summed E-state index contributed by atoms with van der Waals surface area (Å²) in [5.41, 5.74) is 1.63. The first-order valence-corrected chi connectivity index (χ1v) is 11.5. The van der Waals surface area contributed by atoms with E-state index in [0.717, 1.165) is 10.5 Å². The molecule has 2 heterocycles. The molecule has 1 unspecified atom stereocenters. The fourth-order valence-electron chi connectivity index (χ4n) is 4.16. The number of carbonyl (C=O) groups is 3. The van der Waals surface area contributed by atoms with Crippen molar-refractivity contribution in [1.29, 1.82) is 0 Å². The molecule has 184 valence electrons. The van der Waals surface area contributed by atoms with Crippen molar-refractivity contribution >= 4 is 40.8 Å². The van der Waals surface area contributed by atoms with Crippen LogP contribution in [0.1, 0.15) is 12.0 Å². The van der Waals surface area contributed by atoms with E-state index in [4.69, 9.17) is 25.8 Å². The Balaban J connectivity index is 1.42. The summed E-state index contributed by atoms with van der Waals surface area (Å²) in [6, 6.07) is 17.0. The predicted molar refractivity (Wildman–Crippen MR) is 132 cm³/mol. The number of nitrogens with zero attached hydrogens (tertiary/aromatic N) is 2. The first kappa shape index (κ1) is 23.5. The van der Waals surface area contributed by atoms with Crippen LogP contribution in [0.2, 0.25) is 5.02 Å². The lowest BCUT2D eigenvalue weighted by atomic mass is 10.1. The third kappa shape index (κ3) is 4.65. The number of benzene rings is 3. The molecule has 36 heavy (non-hydrogen) atoms. The third-order valence-electron chi connectivity index (χ3n) is 5.93. The van der Waals surface area contributed by atoms with E-state index in [-0.39, 0.29) is 19.8 Å². The quantitative estimate of drug-likeness (QED) is 0.475. The predicted octanol–water partition coefficient (Wildman–Crippen LogP) is 4.44. The van der Waals surface area contributed by atoms with Crippen LogP contribution in [-0.4, -0.2) is 42.7 Å². The average molecular weight is 508 g/mol. The van der Waals surface area contributed by atoms with Crippen molar-refractivity contribution in [2.24, 2.45) is 0 Å². The van der Waals surface area contributed by atoms with Crippen LogP contribution >= 0.6 is 11.6 Å². The Morgan fingerprint density at radius 2 is 1.83 bits per heavy atom. The van der Waals surface area contributed by atoms with Gasteiger partial charge < -0.3 is 24.4 Å². The fraction of sp³-hybridized carbons (Fsp3) is 0.192. The van der Waals surface area contributed by atoms with Gasteiger partial charge in [0.1, 0.15) is 11.8 Å². The van der Waals surface area contributed by atoms with Gasteiger partial charge in [0.05, 0.1) is 19.2 Å². The number of imide groups is 1. The van der Waals surface area contributed by atoms with Crippen LogP contribution in [0, 0.1) is 0 Å². The normalized spacial score (nSPS) is 16.4. The lowest BCUT2D eigenvalue weighted by Gasteiger charge is -2.22. The van der Waals surface area contributed by atoms with Gasteiger partial charge in [-0.15, -0.1) is 0 Å². The maximum absolute atomic E-state index is 13.5. The number of urea groups is 1. The van der Waals surface area contributed by atoms with Gasteiger partial charge in [-0.1, -0.05) is 23.7 Å². The number of anilines is 2. The Morgan fingerprint density at radius 1 is 1.06 bits per heavy atom. The molecule has 2 aliphatic heterocycles. The number of fused-ring (bicyclic) bond motifs is 1. The number of methoxy groups -OCH3 is 1. The lowest BCUT2D eigenvalue weighted by molar-refractivity contribution is -0.124. The van der Waals surface area contributed by atoms with Crippen molar-refractivity contribution in [2.75, 3.05) is 24.1 Å². The molecule has 0 saturated carbocycles. The van der Waals surface area contributed by atoms with Crippen LogP contribution in [0.3, 0.4) is 0 Å². The molecule has 1 fully saturated rings. The number of nitrogens with one attached hydrogen (secondary N) is 1. The van der Waals surface area contributed by atoms with E-state index in [1.807, 2.05) is 0 Å². The molecule has 3 aromatic carbocycles. The minimum Gasteiger partial charge on any atom is -0.497 e. The van der Waals surface area contributed by atoms with Crippen molar-refractivity contribution in [1.82, 2.24) is 4.90 Å². The molecular formula is C26H22ClN3O6. The van der Waals surface area contributed by atoms with Crippen molar-refractivity contribution in [3.8, 4) is 17.2 Å². The number of amides is 4. The highest BCUT2D eigenvalue weighted by Crippen LogP contribution is 2.35. The Kier molecular flexibility index (Phi) is 6.39. The maximum atomic E-state index is 13.5. The number of hydrogen-bond donors (Lipinski definition) is 1. The highest BCUT2D eigenvalue weighted by Gasteiger charge is 2.46. The maximum Gasteiger partial charge on any atom is 0.332 e. The van der Waals surface area contributed by atoms with Crippen LogP contribution in [0.15, 0.2) is 66.7 Å². The third-order valence-corrected chi connectivity index (χ3v) is 6.18. The molecule has 9 nitrogen and oxygen atoms in total. The second kappa shape index (κ2) is 9.79. The number of ether oxygens (including phenoxy) is 3. The van der Waals surface area contributed by atoms with Crippen molar-refractivity contribution < 1.29 is 28.6 Å². The van der Waals surface area contributed by atoms with Crippen LogP contribution in [0.25, 0.3) is 0 Å². The standard InChI is InChI=1S/C26H22ClN3O6/c1-34-20-4-2-3-19(12-20)30-25(32)21(13-24(31)28-18-8-6-17(27)7-9-18)29(26(30)33)14-16-5-10-22-23(11-16)36-15-35-22/h2-12,21H,13-15H2,1H3,(H,28,31). The van der Waals surface area contributed by atoms with Gasteiger partial charge in [-0.2, -0.15) is 0 Å². The monoisotopic (exact) mass is 507 g/mol. The van der Waals surface area contributed by atoms with Gasteiger partial charge in [-0.25, -0.2) is 9.69 Å². The largest absolute Gasteiger partial charge is 0.497 e. The summed E-state index contributed by atoms with van der Waals surface area (Å²) in [5, 5.41) is 3.30. The summed E-state index contributed by atoms with van der Waals surface area (Å²) in [6.07, 6.45) is -0.224. The summed E-state index contributed by atoms with van der Waals surface area (Å²) >= 11 is 5.92. The first-order chi connectivity index (χ1) is 17.4. The molecule has 1 N–H and O–H groups in total. The molecule has 5 rings (SSSR count). The van der Waals surface area contributed by atoms with Crippen molar-refractivity contribution in [3.05, 3.63) is 77.3 Å². The smallest absolute Gasteiger partial charge is 0.332 e. The van der Waals surface area contributed by atoms with Crippen LogP contribution < -0.4 is 24.4 Å². The van der Waals surface area contributed by atoms with Gasteiger partial charge in [0, 0.05) is 23.3 Å². The van der Waals surface area contributed by atoms with Gasteiger partial charge in [0.2, 0.25) is 12.7 Å². The van der Waals surface area contributed by atoms with Crippen molar-refractivity contribution in [2.45, 2.75) is 19.0 Å². The fourth-order valence-corrected chi connectivity index (χ4v) is 4.28. The molecule has 1 atom stereocenters. The molecule has 1 saturated heterocycles. The van der Waals surface area contributed by atoms with Crippen molar-refractivity contribution in [3.63, 3.8) is 0 Å². The number of halogens is 1. The van der Waals surface area contributed by atoms with Gasteiger partial charge in [-0.05, 0) is 54.1 Å². The molecule has 0 aliphatic carbocycles. The lowest BCUT2D eigenvalue weighted by Crippen LogP contribution is -2.37. The molecule has 10 heteroatoms. The average Bonchev–Trinajstić information content (AvgIpc) is 3.43. The minimum atomic E-state index is -1.01. The zero-order valence-electron chi connectivity index (χ0n) is 19.3. The van der Waals surface area contributed by atoms with Crippen LogP contribution in [-0.2, 0) is 16.1 Å². The van der Waals surface area contributed by atoms with Gasteiger partial charge in [0.15, 0.2) is 11.5 Å². The molecule has 0 spiro atoms. The van der Waals surface area contributed by atoms with E-state index >= 15 is 0 Å². The van der Waals surface area contributed by atoms with E-state index in [0.29, 0.717) is 33.6 Å². The molecule has 2 aliphatic rings. The van der Waals surface area contributed by atoms with E-state index in [1.54, 1.807) is 66.7 Å². The molecule has 4 amide bonds. The summed E-state index contributed by atoms with van der Waals surface area (Å²) in [6.45, 7) is 0.220. The number of rotatable bonds is 7. The van der Waals surface area contributed by atoms with E-state index in [1.165, 1.54) is 12.0 Å². The minimum absolute atomic E-state index is 0.0978. The Morgan fingerprint density at radius 3 is 2.61 bits per heavy atom. The highest BCUT2D eigenvalue weighted by molar-refractivity contribution is 6.30. The summed E-state index contributed by atoms with van der Waals surface area (Å²) in [5.74, 6) is 0.762. The Bertz CT molecular complexity index is 1330. The first-order valence-electron chi connectivity index (χ1n) is 11.2. The summed E-state index contributed by atoms with van der Waals surface area (Å²) < 4.78 is 16.1. The zero-order chi connectivity index (χ0) is 25.2. The Labute approximate surface area is 212 Å². The second-order valence-corrected chi connectivity index (χ2v) is 8.68. The molecular weight excluding hydrogens is 486 g/mol. The molecule has 0 radical (unpaired) electrons. The summed E-state index contributed by atoms with van der Waals surface area (Å²) in [7, 11) is 1.50. The van der Waals surface area contributed by atoms with Crippen LogP contribution in [0.5, 0.6) is 17.2 Å². The molecule has 0 bridgehead atoms. The highest BCUT2D eigenvalue weighted by atomic mass is 35.5. The van der Waals surface area contributed by atoms with Gasteiger partial charge in [-0.3, -0.25) is 9.59 Å². The van der Waals surface area contributed by atoms with Crippen LogP contribution in [0.4, 0.5) is 16.2 Å². The summed E-state index contributed by atoms with van der Waals surface area (Å²) in [4.78, 5) is 42.4. The second-order valence-electron chi connectivity index (χ2n) is 8.25. The molecule has 0 aromatic heterocycles. The van der Waals surface area contributed by atoms with E-state index in [2.05, 4.69) is 5.32 Å².